The van der Waals surface area contributed by atoms with Crippen LogP contribution in [0.15, 0.2) is 39.9 Å². The summed E-state index contributed by atoms with van der Waals surface area (Å²) in [6, 6.07) is 9.41. The number of Topliss-reactive ketones (excluding diaryl/α,β-unsaturated/α-hetero) is 1. The maximum Gasteiger partial charge on any atom is 0.329 e. The Morgan fingerprint density at radius 3 is 2.52 bits per heavy atom. The molecule has 8 nitrogen and oxygen atoms in total. The molecule has 1 heterocycles. The first kappa shape index (κ1) is 18.2. The van der Waals surface area contributed by atoms with Crippen molar-refractivity contribution in [2.75, 3.05) is 12.3 Å². The van der Waals surface area contributed by atoms with Gasteiger partial charge in [0.25, 0.3) is 5.56 Å². The molecule has 2 rings (SSSR count). The molecule has 0 spiro atoms. The third-order valence-electron chi connectivity index (χ3n) is 3.85. The van der Waals surface area contributed by atoms with Crippen molar-refractivity contribution in [1.29, 1.82) is 0 Å². The molecule has 3 N–H and O–H groups in total. The molecule has 0 aliphatic heterocycles. The second-order valence-electron chi connectivity index (χ2n) is 5.68. The molecule has 1 atom stereocenters. The first-order valence-electron chi connectivity index (χ1n) is 7.63. The summed E-state index contributed by atoms with van der Waals surface area (Å²) in [6.45, 7) is 1.25. The minimum Gasteiger partial charge on any atom is -0.457 e. The zero-order valence-corrected chi connectivity index (χ0v) is 13.9. The van der Waals surface area contributed by atoms with Crippen molar-refractivity contribution in [1.82, 2.24) is 9.55 Å². The van der Waals surface area contributed by atoms with Gasteiger partial charge in [0.2, 0.25) is 5.78 Å². The number of aromatic amines is 1. The van der Waals surface area contributed by atoms with Crippen molar-refractivity contribution < 1.29 is 14.3 Å². The molecule has 1 aromatic carbocycles. The van der Waals surface area contributed by atoms with Crippen molar-refractivity contribution in [3.63, 3.8) is 0 Å². The van der Waals surface area contributed by atoms with E-state index in [1.165, 1.54) is 7.05 Å². The standard InChI is InChI=1S/C17H19N3O5/c1-10(11-6-4-3-5-7-11)8-13(22)25-9-12(21)14-15(18)20(2)17(24)19-16(14)23/h3-7,10H,8-9,18H2,1-2H3,(H,19,23,24)/t10-/m0/s1. The Kier molecular flexibility index (Phi) is 5.53. The lowest BCUT2D eigenvalue weighted by atomic mass is 9.98. The van der Waals surface area contributed by atoms with Crippen molar-refractivity contribution in [2.45, 2.75) is 19.3 Å². The van der Waals surface area contributed by atoms with E-state index in [1.807, 2.05) is 42.2 Å². The van der Waals surface area contributed by atoms with Crippen LogP contribution in [0.3, 0.4) is 0 Å². The number of anilines is 1. The summed E-state index contributed by atoms with van der Waals surface area (Å²) >= 11 is 0. The molecule has 0 radical (unpaired) electrons. The molecular weight excluding hydrogens is 326 g/mol. The van der Waals surface area contributed by atoms with Gasteiger partial charge in [0.15, 0.2) is 6.61 Å². The predicted molar refractivity (Wildman–Crippen MR) is 91.5 cm³/mol. The average molecular weight is 345 g/mol. The van der Waals surface area contributed by atoms with Crippen molar-refractivity contribution >= 4 is 17.6 Å². The van der Waals surface area contributed by atoms with Crippen LogP contribution >= 0.6 is 0 Å². The molecule has 0 aliphatic carbocycles. The smallest absolute Gasteiger partial charge is 0.329 e. The van der Waals surface area contributed by atoms with Gasteiger partial charge in [0, 0.05) is 7.05 Å². The fourth-order valence-corrected chi connectivity index (χ4v) is 2.33. The molecule has 0 unspecified atom stereocenters. The van der Waals surface area contributed by atoms with Gasteiger partial charge >= 0.3 is 11.7 Å². The predicted octanol–water partition coefficient (Wildman–Crippen LogP) is 0.576. The van der Waals surface area contributed by atoms with E-state index in [9.17, 15) is 19.2 Å². The van der Waals surface area contributed by atoms with Gasteiger partial charge < -0.3 is 10.5 Å². The third-order valence-corrected chi connectivity index (χ3v) is 3.85. The summed E-state index contributed by atoms with van der Waals surface area (Å²) < 4.78 is 5.88. The number of ether oxygens (including phenoxy) is 1. The number of hydrogen-bond donors (Lipinski definition) is 2. The molecular formula is C17H19N3O5. The van der Waals surface area contributed by atoms with Gasteiger partial charge in [0.05, 0.1) is 6.42 Å². The number of nitrogens with zero attached hydrogens (tertiary/aromatic N) is 1. The van der Waals surface area contributed by atoms with Gasteiger partial charge in [-0.3, -0.25) is 23.9 Å². The number of nitrogens with two attached hydrogens (primary N) is 1. The summed E-state index contributed by atoms with van der Waals surface area (Å²) in [7, 11) is 1.32. The molecule has 1 aromatic heterocycles. The van der Waals surface area contributed by atoms with Gasteiger partial charge in [-0.25, -0.2) is 4.79 Å². The highest BCUT2D eigenvalue weighted by atomic mass is 16.5. The Hall–Kier alpha value is -3.16. The van der Waals surface area contributed by atoms with Crippen LogP contribution in [0.1, 0.15) is 35.2 Å². The number of hydrogen-bond acceptors (Lipinski definition) is 6. The number of esters is 1. The van der Waals surface area contributed by atoms with E-state index >= 15 is 0 Å². The zero-order valence-electron chi connectivity index (χ0n) is 13.9. The Balaban J connectivity index is 2.01. The fraction of sp³-hybridized carbons (Fsp3) is 0.294. The lowest BCUT2D eigenvalue weighted by molar-refractivity contribution is -0.142. The molecule has 0 fully saturated rings. The van der Waals surface area contributed by atoms with E-state index < -0.39 is 35.2 Å². The van der Waals surface area contributed by atoms with Crippen LogP contribution in [0.5, 0.6) is 0 Å². The SMILES string of the molecule is C[C@@H](CC(=O)OCC(=O)c1c(N)n(C)c(=O)[nH]c1=O)c1ccccc1. The highest BCUT2D eigenvalue weighted by molar-refractivity contribution is 6.01. The normalized spacial score (nSPS) is 11.8. The average Bonchev–Trinajstić information content (AvgIpc) is 2.58. The van der Waals surface area contributed by atoms with E-state index in [4.69, 9.17) is 10.5 Å². The van der Waals surface area contributed by atoms with Crippen LogP contribution in [0.2, 0.25) is 0 Å². The Bertz CT molecular complexity index is 899. The van der Waals surface area contributed by atoms with E-state index in [0.29, 0.717) is 0 Å². The summed E-state index contributed by atoms with van der Waals surface area (Å²) in [5.74, 6) is -1.68. The summed E-state index contributed by atoms with van der Waals surface area (Å²) in [4.78, 5) is 49.1. The number of carbonyl (C=O) groups excluding carboxylic acids is 2. The molecule has 132 valence electrons. The van der Waals surface area contributed by atoms with Crippen LogP contribution in [0.25, 0.3) is 0 Å². The lowest BCUT2D eigenvalue weighted by Gasteiger charge is -2.12. The van der Waals surface area contributed by atoms with Gasteiger partial charge in [-0.15, -0.1) is 0 Å². The van der Waals surface area contributed by atoms with Crippen molar-refractivity contribution in [2.24, 2.45) is 7.05 Å². The fourth-order valence-electron chi connectivity index (χ4n) is 2.33. The largest absolute Gasteiger partial charge is 0.457 e. The topological polar surface area (TPSA) is 124 Å². The molecule has 8 heteroatoms. The van der Waals surface area contributed by atoms with Crippen LogP contribution in [0, 0.1) is 0 Å². The van der Waals surface area contributed by atoms with Crippen LogP contribution < -0.4 is 17.0 Å². The zero-order chi connectivity index (χ0) is 18.6. The number of benzene rings is 1. The minimum absolute atomic E-state index is 0.0742. The molecule has 2 aromatic rings. The second kappa shape index (κ2) is 7.61. The number of ketones is 1. The Morgan fingerprint density at radius 2 is 1.88 bits per heavy atom. The third kappa shape index (κ3) is 4.23. The van der Waals surface area contributed by atoms with Crippen LogP contribution in [-0.2, 0) is 16.6 Å². The second-order valence-corrected chi connectivity index (χ2v) is 5.68. The molecule has 0 bridgehead atoms. The molecule has 0 saturated carbocycles. The van der Waals surface area contributed by atoms with E-state index in [0.717, 1.165) is 10.1 Å². The summed E-state index contributed by atoms with van der Waals surface area (Å²) in [5, 5.41) is 0. The first-order valence-corrected chi connectivity index (χ1v) is 7.63. The number of aromatic nitrogens is 2. The van der Waals surface area contributed by atoms with Crippen molar-refractivity contribution in [3.8, 4) is 0 Å². The molecule has 0 aliphatic rings. The Morgan fingerprint density at radius 1 is 1.24 bits per heavy atom. The van der Waals surface area contributed by atoms with Crippen LogP contribution in [-0.4, -0.2) is 27.9 Å². The van der Waals surface area contributed by atoms with Gasteiger partial charge in [-0.05, 0) is 11.5 Å². The number of nitrogens with one attached hydrogen (secondary N) is 1. The molecule has 0 saturated heterocycles. The lowest BCUT2D eigenvalue weighted by Crippen LogP contribution is -2.35. The van der Waals surface area contributed by atoms with Crippen molar-refractivity contribution in [3.05, 3.63) is 62.3 Å². The quantitative estimate of drug-likeness (QED) is 0.583. The Labute approximate surface area is 143 Å². The minimum atomic E-state index is -0.903. The van der Waals surface area contributed by atoms with Gasteiger partial charge in [-0.1, -0.05) is 37.3 Å². The number of carbonyl (C=O) groups is 2. The number of rotatable bonds is 6. The van der Waals surface area contributed by atoms with Gasteiger partial charge in [-0.2, -0.15) is 0 Å². The summed E-state index contributed by atoms with van der Waals surface area (Å²) in [5.41, 5.74) is 4.58. The highest BCUT2D eigenvalue weighted by Gasteiger charge is 2.20. The first-order chi connectivity index (χ1) is 11.8. The van der Waals surface area contributed by atoms with E-state index in [2.05, 4.69) is 0 Å². The highest BCUT2D eigenvalue weighted by Crippen LogP contribution is 2.18. The molecule has 25 heavy (non-hydrogen) atoms. The summed E-state index contributed by atoms with van der Waals surface area (Å²) in [6.07, 6.45) is 0.0937. The maximum absolute atomic E-state index is 12.1. The van der Waals surface area contributed by atoms with E-state index in [1.54, 1.807) is 0 Å². The maximum atomic E-state index is 12.1. The monoisotopic (exact) mass is 345 g/mol. The molecule has 0 amide bonds. The number of nitrogen functional groups attached to an aromatic ring is 1. The van der Waals surface area contributed by atoms with Crippen LogP contribution in [0.4, 0.5) is 5.82 Å². The van der Waals surface area contributed by atoms with Gasteiger partial charge in [0.1, 0.15) is 11.4 Å². The number of H-pyrrole nitrogens is 1. The van der Waals surface area contributed by atoms with E-state index in [-0.39, 0.29) is 18.2 Å².